The van der Waals surface area contributed by atoms with E-state index in [1.54, 1.807) is 7.11 Å². The topological polar surface area (TPSA) is 44.8 Å². The fourth-order valence-electron chi connectivity index (χ4n) is 4.14. The number of hydrogen-bond donors (Lipinski definition) is 1. The molecule has 1 saturated heterocycles. The van der Waals surface area contributed by atoms with Crippen molar-refractivity contribution in [3.63, 3.8) is 0 Å². The Balaban J connectivity index is 1.23. The molecule has 3 aromatic rings. The minimum absolute atomic E-state index is 0.0824. The molecule has 1 N–H and O–H groups in total. The zero-order valence-corrected chi connectivity index (χ0v) is 17.5. The third-order valence-corrected chi connectivity index (χ3v) is 5.78. The number of methoxy groups -OCH3 is 1. The van der Waals surface area contributed by atoms with E-state index in [0.29, 0.717) is 13.0 Å². The van der Waals surface area contributed by atoms with Crippen molar-refractivity contribution in [2.24, 2.45) is 0 Å². The molecule has 30 heavy (non-hydrogen) atoms. The predicted molar refractivity (Wildman–Crippen MR) is 122 cm³/mol. The Morgan fingerprint density at radius 2 is 1.67 bits per heavy atom. The highest BCUT2D eigenvalue weighted by atomic mass is 16.5. The van der Waals surface area contributed by atoms with Crippen molar-refractivity contribution < 1.29 is 9.53 Å². The van der Waals surface area contributed by atoms with Crippen LogP contribution in [0.1, 0.15) is 5.56 Å². The summed E-state index contributed by atoms with van der Waals surface area (Å²) in [6, 6.07) is 22.5. The zero-order valence-electron chi connectivity index (χ0n) is 17.5. The average Bonchev–Trinajstić information content (AvgIpc) is 2.80. The number of piperazine rings is 1. The lowest BCUT2D eigenvalue weighted by atomic mass is 10.0. The second-order valence-corrected chi connectivity index (χ2v) is 7.67. The summed E-state index contributed by atoms with van der Waals surface area (Å²) in [6.45, 7) is 5.45. The summed E-state index contributed by atoms with van der Waals surface area (Å²) < 4.78 is 5.49. The van der Waals surface area contributed by atoms with Gasteiger partial charge in [-0.15, -0.1) is 0 Å². The van der Waals surface area contributed by atoms with Crippen molar-refractivity contribution in [1.29, 1.82) is 0 Å². The highest BCUT2D eigenvalue weighted by Gasteiger charge is 2.19. The molecule has 0 unspecified atom stereocenters. The maximum atomic E-state index is 12.5. The van der Waals surface area contributed by atoms with Crippen molar-refractivity contribution >= 4 is 22.4 Å². The number of rotatable bonds is 7. The van der Waals surface area contributed by atoms with Crippen LogP contribution in [0.15, 0.2) is 66.7 Å². The van der Waals surface area contributed by atoms with Crippen LogP contribution >= 0.6 is 0 Å². The highest BCUT2D eigenvalue weighted by molar-refractivity contribution is 5.90. The molecule has 5 nitrogen and oxygen atoms in total. The minimum atomic E-state index is 0.0824. The van der Waals surface area contributed by atoms with Crippen LogP contribution < -0.4 is 15.0 Å². The first-order valence-electron chi connectivity index (χ1n) is 10.6. The van der Waals surface area contributed by atoms with E-state index in [1.165, 1.54) is 5.39 Å². The van der Waals surface area contributed by atoms with Crippen LogP contribution in [0.2, 0.25) is 0 Å². The predicted octanol–water partition coefficient (Wildman–Crippen LogP) is 3.33. The van der Waals surface area contributed by atoms with E-state index in [-0.39, 0.29) is 5.91 Å². The first-order chi connectivity index (χ1) is 14.7. The van der Waals surface area contributed by atoms with E-state index in [9.17, 15) is 4.79 Å². The molecule has 1 aliphatic rings. The van der Waals surface area contributed by atoms with Gasteiger partial charge in [0.1, 0.15) is 5.75 Å². The second-order valence-electron chi connectivity index (χ2n) is 7.67. The molecule has 1 heterocycles. The van der Waals surface area contributed by atoms with Gasteiger partial charge >= 0.3 is 0 Å². The second kappa shape index (κ2) is 9.63. The van der Waals surface area contributed by atoms with E-state index in [2.05, 4.69) is 45.4 Å². The van der Waals surface area contributed by atoms with Gasteiger partial charge in [-0.05, 0) is 28.5 Å². The summed E-state index contributed by atoms with van der Waals surface area (Å²) in [5, 5.41) is 5.42. The van der Waals surface area contributed by atoms with Crippen LogP contribution in [0.4, 0.5) is 5.69 Å². The van der Waals surface area contributed by atoms with Crippen LogP contribution in [0.5, 0.6) is 5.75 Å². The molecule has 0 bridgehead atoms. The Morgan fingerprint density at radius 1 is 0.933 bits per heavy atom. The zero-order chi connectivity index (χ0) is 20.8. The number of amides is 1. The van der Waals surface area contributed by atoms with Gasteiger partial charge in [0.2, 0.25) is 5.91 Å². The Labute approximate surface area is 178 Å². The van der Waals surface area contributed by atoms with Crippen LogP contribution in [0.25, 0.3) is 10.8 Å². The Kier molecular flexibility index (Phi) is 6.50. The fourth-order valence-corrected chi connectivity index (χ4v) is 4.14. The number of hydrogen-bond acceptors (Lipinski definition) is 4. The number of anilines is 1. The molecule has 0 radical (unpaired) electrons. The lowest BCUT2D eigenvalue weighted by Crippen LogP contribution is -2.48. The quantitative estimate of drug-likeness (QED) is 0.657. The molecule has 1 aliphatic heterocycles. The van der Waals surface area contributed by atoms with E-state index < -0.39 is 0 Å². The molecule has 0 saturated carbocycles. The van der Waals surface area contributed by atoms with Gasteiger partial charge in [0, 0.05) is 39.3 Å². The molecule has 0 spiro atoms. The normalized spacial score (nSPS) is 14.6. The number of para-hydroxylation sites is 2. The van der Waals surface area contributed by atoms with Gasteiger partial charge in [-0.3, -0.25) is 9.69 Å². The number of carbonyl (C=O) groups excluding carboxylic acids is 1. The number of nitrogens with one attached hydrogen (secondary N) is 1. The van der Waals surface area contributed by atoms with Gasteiger partial charge in [0.05, 0.1) is 19.2 Å². The molecular formula is C25H29N3O2. The third kappa shape index (κ3) is 4.74. The van der Waals surface area contributed by atoms with Gasteiger partial charge in [0.15, 0.2) is 0 Å². The van der Waals surface area contributed by atoms with E-state index in [1.807, 2.05) is 36.4 Å². The number of carbonyl (C=O) groups is 1. The summed E-state index contributed by atoms with van der Waals surface area (Å²) in [5.41, 5.74) is 2.24. The van der Waals surface area contributed by atoms with Crippen molar-refractivity contribution in [1.82, 2.24) is 10.2 Å². The van der Waals surface area contributed by atoms with Gasteiger partial charge < -0.3 is 15.0 Å². The number of nitrogens with zero attached hydrogens (tertiary/aromatic N) is 2. The number of fused-ring (bicyclic) bond motifs is 1. The summed E-state index contributed by atoms with van der Waals surface area (Å²) in [5.74, 6) is 1.01. The molecule has 0 atom stereocenters. The lowest BCUT2D eigenvalue weighted by molar-refractivity contribution is -0.120. The summed E-state index contributed by atoms with van der Waals surface area (Å²) in [7, 11) is 1.72. The molecule has 0 aromatic heterocycles. The molecule has 1 amide bonds. The first kappa shape index (κ1) is 20.2. The van der Waals surface area contributed by atoms with Crippen molar-refractivity contribution in [3.8, 4) is 5.75 Å². The van der Waals surface area contributed by atoms with Crippen LogP contribution in [-0.2, 0) is 11.2 Å². The van der Waals surface area contributed by atoms with Gasteiger partial charge in [-0.1, -0.05) is 54.6 Å². The Bertz CT molecular complexity index is 991. The van der Waals surface area contributed by atoms with Gasteiger partial charge in [-0.25, -0.2) is 0 Å². The maximum absolute atomic E-state index is 12.5. The fraction of sp³-hybridized carbons (Fsp3) is 0.320. The van der Waals surface area contributed by atoms with Crippen molar-refractivity contribution in [3.05, 3.63) is 72.3 Å². The Morgan fingerprint density at radius 3 is 2.50 bits per heavy atom. The molecule has 3 aromatic carbocycles. The summed E-state index contributed by atoms with van der Waals surface area (Å²) >= 11 is 0. The molecule has 4 rings (SSSR count). The average molecular weight is 404 g/mol. The largest absolute Gasteiger partial charge is 0.495 e. The van der Waals surface area contributed by atoms with E-state index in [4.69, 9.17) is 4.74 Å². The number of benzene rings is 3. The monoisotopic (exact) mass is 403 g/mol. The molecular weight excluding hydrogens is 374 g/mol. The third-order valence-electron chi connectivity index (χ3n) is 5.78. The van der Waals surface area contributed by atoms with Crippen LogP contribution in [-0.4, -0.2) is 57.2 Å². The standard InChI is InChI=1S/C25H29N3O2/c1-30-24-12-5-4-11-23(24)28-17-15-27(16-18-28)14-13-26-25(29)19-21-9-6-8-20-7-2-3-10-22(20)21/h2-12H,13-19H2,1H3,(H,26,29). The van der Waals surface area contributed by atoms with Crippen LogP contribution in [0, 0.1) is 0 Å². The van der Waals surface area contributed by atoms with Gasteiger partial charge in [0.25, 0.3) is 0 Å². The molecule has 5 heteroatoms. The summed E-state index contributed by atoms with van der Waals surface area (Å²) in [6.07, 6.45) is 0.420. The van der Waals surface area contributed by atoms with E-state index >= 15 is 0 Å². The lowest BCUT2D eigenvalue weighted by Gasteiger charge is -2.36. The Hall–Kier alpha value is -3.05. The molecule has 0 aliphatic carbocycles. The van der Waals surface area contributed by atoms with Gasteiger partial charge in [-0.2, -0.15) is 0 Å². The number of ether oxygens (including phenoxy) is 1. The smallest absolute Gasteiger partial charge is 0.224 e. The summed E-state index contributed by atoms with van der Waals surface area (Å²) in [4.78, 5) is 17.2. The first-order valence-corrected chi connectivity index (χ1v) is 10.6. The molecule has 1 fully saturated rings. The molecule has 156 valence electrons. The SMILES string of the molecule is COc1ccccc1N1CCN(CCNC(=O)Cc2cccc3ccccc23)CC1. The minimum Gasteiger partial charge on any atom is -0.495 e. The van der Waals surface area contributed by atoms with Crippen molar-refractivity contribution in [2.75, 3.05) is 51.3 Å². The van der Waals surface area contributed by atoms with Crippen LogP contribution in [0.3, 0.4) is 0 Å². The van der Waals surface area contributed by atoms with E-state index in [0.717, 1.165) is 55.1 Å². The highest BCUT2D eigenvalue weighted by Crippen LogP contribution is 2.28. The van der Waals surface area contributed by atoms with Crippen molar-refractivity contribution in [2.45, 2.75) is 6.42 Å². The maximum Gasteiger partial charge on any atom is 0.224 e.